The number of Topliss-reactive ketones (excluding diaryl/α,β-unsaturated/α-hetero) is 1. The first-order valence-corrected chi connectivity index (χ1v) is 5.31. The normalized spacial score (nSPS) is 16.0. The molecule has 0 aliphatic carbocycles. The van der Waals surface area contributed by atoms with E-state index in [0.29, 0.717) is 13.0 Å². The minimum absolute atomic E-state index is 0.273. The Bertz CT molecular complexity index is 553. The van der Waals surface area contributed by atoms with E-state index in [4.69, 9.17) is 0 Å². The molecule has 0 atom stereocenters. The highest BCUT2D eigenvalue weighted by molar-refractivity contribution is 5.87. The van der Waals surface area contributed by atoms with E-state index in [2.05, 4.69) is 9.97 Å². The van der Waals surface area contributed by atoms with Crippen LogP contribution in [0.2, 0.25) is 0 Å². The Balaban J connectivity index is 2.02. The molecule has 1 aliphatic heterocycles. The molecule has 3 rings (SSSR count). The van der Waals surface area contributed by atoms with Crippen LogP contribution in [-0.2, 0) is 4.79 Å². The van der Waals surface area contributed by atoms with Crippen molar-refractivity contribution in [2.75, 3.05) is 18.0 Å². The molecule has 1 fully saturated rings. The Hall–Kier alpha value is -1.97. The van der Waals surface area contributed by atoms with E-state index < -0.39 is 0 Å². The van der Waals surface area contributed by atoms with E-state index in [-0.39, 0.29) is 5.78 Å². The SMILES string of the molecule is O=C1CCN(c2cnc3ccccc3n2)C1. The van der Waals surface area contributed by atoms with Crippen LogP contribution in [0.3, 0.4) is 0 Å². The number of anilines is 1. The van der Waals surface area contributed by atoms with Crippen LogP contribution in [0.1, 0.15) is 6.42 Å². The number of hydrogen-bond donors (Lipinski definition) is 0. The molecule has 4 nitrogen and oxygen atoms in total. The van der Waals surface area contributed by atoms with Crippen LogP contribution >= 0.6 is 0 Å². The second kappa shape index (κ2) is 3.56. The third kappa shape index (κ3) is 1.52. The number of fused-ring (bicyclic) bond motifs is 1. The summed E-state index contributed by atoms with van der Waals surface area (Å²) in [7, 11) is 0. The largest absolute Gasteiger partial charge is 0.348 e. The molecule has 0 amide bonds. The molecular weight excluding hydrogens is 202 g/mol. The molecule has 80 valence electrons. The lowest BCUT2D eigenvalue weighted by atomic mass is 10.3. The lowest BCUT2D eigenvalue weighted by Gasteiger charge is -2.14. The summed E-state index contributed by atoms with van der Waals surface area (Å²) in [4.78, 5) is 22.0. The van der Waals surface area contributed by atoms with Crippen molar-refractivity contribution in [1.82, 2.24) is 9.97 Å². The highest BCUT2D eigenvalue weighted by Crippen LogP contribution is 2.18. The van der Waals surface area contributed by atoms with Gasteiger partial charge in [0.05, 0.1) is 23.8 Å². The maximum absolute atomic E-state index is 11.2. The molecular formula is C12H11N3O. The Morgan fingerprint density at radius 3 is 2.75 bits per heavy atom. The molecule has 1 aromatic carbocycles. The molecule has 0 spiro atoms. The van der Waals surface area contributed by atoms with Gasteiger partial charge in [0.15, 0.2) is 5.78 Å². The summed E-state index contributed by atoms with van der Waals surface area (Å²) in [5, 5.41) is 0. The monoisotopic (exact) mass is 213 g/mol. The predicted molar refractivity (Wildman–Crippen MR) is 61.4 cm³/mol. The van der Waals surface area contributed by atoms with Gasteiger partial charge in [0.25, 0.3) is 0 Å². The zero-order chi connectivity index (χ0) is 11.0. The van der Waals surface area contributed by atoms with Gasteiger partial charge in [-0.1, -0.05) is 12.1 Å². The highest BCUT2D eigenvalue weighted by Gasteiger charge is 2.20. The van der Waals surface area contributed by atoms with Gasteiger partial charge in [-0.25, -0.2) is 4.98 Å². The van der Waals surface area contributed by atoms with Gasteiger partial charge in [0, 0.05) is 13.0 Å². The van der Waals surface area contributed by atoms with Gasteiger partial charge in [-0.15, -0.1) is 0 Å². The van der Waals surface area contributed by atoms with Gasteiger partial charge < -0.3 is 4.90 Å². The lowest BCUT2D eigenvalue weighted by molar-refractivity contribution is -0.116. The summed E-state index contributed by atoms with van der Waals surface area (Å²) in [5.74, 6) is 1.07. The van der Waals surface area contributed by atoms with Crippen molar-refractivity contribution in [3.8, 4) is 0 Å². The van der Waals surface area contributed by atoms with Crippen molar-refractivity contribution in [3.05, 3.63) is 30.5 Å². The number of carbonyl (C=O) groups excluding carboxylic acids is 1. The summed E-state index contributed by atoms with van der Waals surface area (Å²) in [6.07, 6.45) is 2.36. The molecule has 1 aromatic heterocycles. The number of aromatic nitrogens is 2. The average Bonchev–Trinajstić information content (AvgIpc) is 2.75. The minimum atomic E-state index is 0.273. The summed E-state index contributed by atoms with van der Waals surface area (Å²) in [6, 6.07) is 7.75. The Kier molecular flexibility index (Phi) is 2.06. The van der Waals surface area contributed by atoms with Crippen molar-refractivity contribution in [2.24, 2.45) is 0 Å². The number of para-hydroxylation sites is 2. The van der Waals surface area contributed by atoms with Gasteiger partial charge in [0.1, 0.15) is 5.82 Å². The third-order valence-electron chi connectivity index (χ3n) is 2.79. The standard InChI is InChI=1S/C12H11N3O/c16-9-5-6-15(8-9)12-7-13-10-3-1-2-4-11(10)14-12/h1-4,7H,5-6,8H2. The van der Waals surface area contributed by atoms with Crippen LogP contribution in [0.4, 0.5) is 5.82 Å². The van der Waals surface area contributed by atoms with Crippen molar-refractivity contribution < 1.29 is 4.79 Å². The summed E-state index contributed by atoms with van der Waals surface area (Å²) in [6.45, 7) is 1.22. The smallest absolute Gasteiger partial charge is 0.153 e. The summed E-state index contributed by atoms with van der Waals surface area (Å²) >= 11 is 0. The van der Waals surface area contributed by atoms with Crippen molar-refractivity contribution in [2.45, 2.75) is 6.42 Å². The van der Waals surface area contributed by atoms with Gasteiger partial charge in [-0.3, -0.25) is 9.78 Å². The lowest BCUT2D eigenvalue weighted by Crippen LogP contribution is -2.20. The van der Waals surface area contributed by atoms with E-state index in [0.717, 1.165) is 23.4 Å². The fourth-order valence-corrected chi connectivity index (χ4v) is 1.93. The van der Waals surface area contributed by atoms with Crippen LogP contribution in [0, 0.1) is 0 Å². The second-order valence-electron chi connectivity index (χ2n) is 3.93. The van der Waals surface area contributed by atoms with Gasteiger partial charge in [-0.05, 0) is 12.1 Å². The maximum Gasteiger partial charge on any atom is 0.153 e. The highest BCUT2D eigenvalue weighted by atomic mass is 16.1. The molecule has 0 N–H and O–H groups in total. The van der Waals surface area contributed by atoms with E-state index >= 15 is 0 Å². The fourth-order valence-electron chi connectivity index (χ4n) is 1.93. The first-order valence-electron chi connectivity index (χ1n) is 5.31. The van der Waals surface area contributed by atoms with E-state index in [1.54, 1.807) is 6.20 Å². The van der Waals surface area contributed by atoms with Crippen molar-refractivity contribution >= 4 is 22.6 Å². The summed E-state index contributed by atoms with van der Waals surface area (Å²) in [5.41, 5.74) is 1.76. The van der Waals surface area contributed by atoms with Gasteiger partial charge in [-0.2, -0.15) is 0 Å². The van der Waals surface area contributed by atoms with E-state index in [1.807, 2.05) is 29.2 Å². The van der Waals surface area contributed by atoms with Crippen LogP contribution in [0.5, 0.6) is 0 Å². The molecule has 4 heteroatoms. The average molecular weight is 213 g/mol. The first-order chi connectivity index (χ1) is 7.83. The van der Waals surface area contributed by atoms with E-state index in [9.17, 15) is 4.79 Å². The zero-order valence-electron chi connectivity index (χ0n) is 8.76. The Labute approximate surface area is 92.9 Å². The van der Waals surface area contributed by atoms with Gasteiger partial charge >= 0.3 is 0 Å². The second-order valence-corrected chi connectivity index (χ2v) is 3.93. The number of benzene rings is 1. The Morgan fingerprint density at radius 1 is 1.19 bits per heavy atom. The number of nitrogens with zero attached hydrogens (tertiary/aromatic N) is 3. The van der Waals surface area contributed by atoms with Crippen LogP contribution in [0.15, 0.2) is 30.5 Å². The maximum atomic E-state index is 11.2. The summed E-state index contributed by atoms with van der Waals surface area (Å²) < 4.78 is 0. The molecule has 16 heavy (non-hydrogen) atoms. The first kappa shape index (κ1) is 9.27. The molecule has 0 unspecified atom stereocenters. The molecule has 0 saturated carbocycles. The molecule has 1 saturated heterocycles. The molecule has 0 bridgehead atoms. The fraction of sp³-hybridized carbons (Fsp3) is 0.250. The zero-order valence-corrected chi connectivity index (χ0v) is 8.76. The minimum Gasteiger partial charge on any atom is -0.348 e. The predicted octanol–water partition coefficient (Wildman–Crippen LogP) is 1.41. The molecule has 0 radical (unpaired) electrons. The van der Waals surface area contributed by atoms with Crippen LogP contribution in [-0.4, -0.2) is 28.8 Å². The number of rotatable bonds is 1. The molecule has 2 heterocycles. The topological polar surface area (TPSA) is 46.1 Å². The third-order valence-corrected chi connectivity index (χ3v) is 2.79. The molecule has 1 aliphatic rings. The quantitative estimate of drug-likeness (QED) is 0.718. The number of carbonyl (C=O) groups is 1. The van der Waals surface area contributed by atoms with Crippen molar-refractivity contribution in [3.63, 3.8) is 0 Å². The Morgan fingerprint density at radius 2 is 2.00 bits per heavy atom. The van der Waals surface area contributed by atoms with Gasteiger partial charge in [0.2, 0.25) is 0 Å². The van der Waals surface area contributed by atoms with Crippen molar-refractivity contribution in [1.29, 1.82) is 0 Å². The van der Waals surface area contributed by atoms with E-state index in [1.165, 1.54) is 0 Å². The molecule has 2 aromatic rings. The number of ketones is 1. The number of hydrogen-bond acceptors (Lipinski definition) is 4. The van der Waals surface area contributed by atoms with Crippen LogP contribution < -0.4 is 4.90 Å². The van der Waals surface area contributed by atoms with Crippen LogP contribution in [0.25, 0.3) is 11.0 Å².